The highest BCUT2D eigenvalue weighted by atomic mass is 16.5. The summed E-state index contributed by atoms with van der Waals surface area (Å²) in [7, 11) is 1.61. The van der Waals surface area contributed by atoms with E-state index in [1.54, 1.807) is 19.5 Å². The molecule has 0 aliphatic rings. The highest BCUT2D eigenvalue weighted by Crippen LogP contribution is 2.27. The quantitative estimate of drug-likeness (QED) is 0.539. The SMILES string of the molecule is COc1ccc(COc2ccc3oc(-c4ccnc(C)c4)nc3c2)nc1. The Balaban J connectivity index is 1.53. The number of fused-ring (bicyclic) bond motifs is 1. The summed E-state index contributed by atoms with van der Waals surface area (Å²) in [4.78, 5) is 13.0. The van der Waals surface area contributed by atoms with Crippen molar-refractivity contribution < 1.29 is 13.9 Å². The van der Waals surface area contributed by atoms with Crippen LogP contribution in [0.1, 0.15) is 11.4 Å². The van der Waals surface area contributed by atoms with Crippen molar-refractivity contribution in [3.63, 3.8) is 0 Å². The van der Waals surface area contributed by atoms with Crippen LogP contribution in [-0.4, -0.2) is 22.1 Å². The first-order chi connectivity index (χ1) is 12.7. The van der Waals surface area contributed by atoms with E-state index in [1.165, 1.54) is 0 Å². The predicted octanol–water partition coefficient (Wildman–Crippen LogP) is 4.18. The molecule has 0 aliphatic carbocycles. The van der Waals surface area contributed by atoms with Crippen LogP contribution in [0.3, 0.4) is 0 Å². The van der Waals surface area contributed by atoms with Crippen molar-refractivity contribution in [3.05, 3.63) is 66.2 Å². The third kappa shape index (κ3) is 3.35. The molecule has 1 aromatic carbocycles. The molecule has 0 amide bonds. The average molecular weight is 347 g/mol. The topological polar surface area (TPSA) is 70.3 Å². The summed E-state index contributed by atoms with van der Waals surface area (Å²) in [5.74, 6) is 2.00. The van der Waals surface area contributed by atoms with E-state index < -0.39 is 0 Å². The normalized spacial score (nSPS) is 10.8. The number of methoxy groups -OCH3 is 1. The average Bonchev–Trinajstić information content (AvgIpc) is 3.10. The third-order valence-corrected chi connectivity index (χ3v) is 3.92. The Morgan fingerprint density at radius 1 is 1.00 bits per heavy atom. The van der Waals surface area contributed by atoms with Gasteiger partial charge in [-0.3, -0.25) is 9.97 Å². The first kappa shape index (κ1) is 16.1. The lowest BCUT2D eigenvalue weighted by molar-refractivity contribution is 0.301. The monoisotopic (exact) mass is 347 g/mol. The summed E-state index contributed by atoms with van der Waals surface area (Å²) >= 11 is 0. The summed E-state index contributed by atoms with van der Waals surface area (Å²) in [5, 5.41) is 0. The number of hydrogen-bond donors (Lipinski definition) is 0. The molecule has 0 unspecified atom stereocenters. The first-order valence-corrected chi connectivity index (χ1v) is 8.16. The molecule has 0 saturated heterocycles. The van der Waals surface area contributed by atoms with E-state index in [0.29, 0.717) is 23.8 Å². The lowest BCUT2D eigenvalue weighted by Gasteiger charge is -2.06. The fourth-order valence-electron chi connectivity index (χ4n) is 2.57. The molecule has 0 N–H and O–H groups in total. The number of aromatic nitrogens is 3. The second-order valence-electron chi connectivity index (χ2n) is 5.81. The zero-order chi connectivity index (χ0) is 17.9. The Bertz CT molecular complexity index is 1040. The van der Waals surface area contributed by atoms with Crippen molar-refractivity contribution in [3.8, 4) is 23.0 Å². The van der Waals surface area contributed by atoms with Gasteiger partial charge in [0.2, 0.25) is 5.89 Å². The molecular formula is C20H17N3O3. The van der Waals surface area contributed by atoms with Gasteiger partial charge in [-0.05, 0) is 43.3 Å². The van der Waals surface area contributed by atoms with Gasteiger partial charge in [0.1, 0.15) is 23.6 Å². The van der Waals surface area contributed by atoms with Gasteiger partial charge in [0.25, 0.3) is 0 Å². The Morgan fingerprint density at radius 2 is 1.88 bits per heavy atom. The van der Waals surface area contributed by atoms with Gasteiger partial charge in [0, 0.05) is 23.5 Å². The molecule has 0 aliphatic heterocycles. The molecule has 26 heavy (non-hydrogen) atoms. The lowest BCUT2D eigenvalue weighted by Crippen LogP contribution is -1.98. The van der Waals surface area contributed by atoms with Gasteiger partial charge in [-0.1, -0.05) is 0 Å². The van der Waals surface area contributed by atoms with Gasteiger partial charge in [-0.15, -0.1) is 0 Å². The molecule has 6 nitrogen and oxygen atoms in total. The van der Waals surface area contributed by atoms with E-state index in [0.717, 1.165) is 28.2 Å². The Hall–Kier alpha value is -3.41. The van der Waals surface area contributed by atoms with Crippen LogP contribution in [0.2, 0.25) is 0 Å². The van der Waals surface area contributed by atoms with Crippen LogP contribution in [0.5, 0.6) is 11.5 Å². The summed E-state index contributed by atoms with van der Waals surface area (Å²) in [6.45, 7) is 2.30. The summed E-state index contributed by atoms with van der Waals surface area (Å²) in [6.07, 6.45) is 3.42. The number of benzene rings is 1. The van der Waals surface area contributed by atoms with Gasteiger partial charge in [0.15, 0.2) is 5.58 Å². The maximum atomic E-state index is 5.83. The molecule has 3 heterocycles. The second kappa shape index (κ2) is 6.84. The molecule has 4 aromatic rings. The number of rotatable bonds is 5. The van der Waals surface area contributed by atoms with Gasteiger partial charge >= 0.3 is 0 Å². The van der Waals surface area contributed by atoms with Crippen LogP contribution in [-0.2, 0) is 6.61 Å². The fraction of sp³-hybridized carbons (Fsp3) is 0.150. The van der Waals surface area contributed by atoms with E-state index in [9.17, 15) is 0 Å². The molecule has 0 fully saturated rings. The van der Waals surface area contributed by atoms with E-state index in [1.807, 2.05) is 49.4 Å². The molecule has 0 radical (unpaired) electrons. The van der Waals surface area contributed by atoms with Crippen molar-refractivity contribution >= 4 is 11.1 Å². The molecule has 6 heteroatoms. The largest absolute Gasteiger partial charge is 0.495 e. The number of nitrogens with zero attached hydrogens (tertiary/aromatic N) is 3. The Kier molecular flexibility index (Phi) is 4.23. The van der Waals surface area contributed by atoms with Gasteiger partial charge in [-0.2, -0.15) is 0 Å². The highest BCUT2D eigenvalue weighted by molar-refractivity contribution is 5.77. The molecule has 3 aromatic heterocycles. The van der Waals surface area contributed by atoms with Gasteiger partial charge in [0.05, 0.1) is 19.0 Å². The molecule has 130 valence electrons. The standard InChI is InChI=1S/C20H17N3O3/c1-13-9-14(7-8-21-13)20-23-18-10-16(5-6-19(18)26-20)25-12-15-3-4-17(24-2)11-22-15/h3-11H,12H2,1-2H3. The third-order valence-electron chi connectivity index (χ3n) is 3.92. The van der Waals surface area contributed by atoms with Crippen molar-refractivity contribution in [2.24, 2.45) is 0 Å². The molecule has 0 saturated carbocycles. The number of aryl methyl sites for hydroxylation is 1. The summed E-state index contributed by atoms with van der Waals surface area (Å²) in [6, 6.07) is 13.1. The minimum atomic E-state index is 0.365. The van der Waals surface area contributed by atoms with E-state index >= 15 is 0 Å². The van der Waals surface area contributed by atoms with E-state index in [2.05, 4.69) is 15.0 Å². The number of hydrogen-bond acceptors (Lipinski definition) is 6. The zero-order valence-corrected chi connectivity index (χ0v) is 14.5. The first-order valence-electron chi connectivity index (χ1n) is 8.16. The molecule has 0 spiro atoms. The highest BCUT2D eigenvalue weighted by Gasteiger charge is 2.10. The molecule has 0 bridgehead atoms. The van der Waals surface area contributed by atoms with Crippen LogP contribution >= 0.6 is 0 Å². The smallest absolute Gasteiger partial charge is 0.227 e. The van der Waals surface area contributed by atoms with Crippen LogP contribution in [0, 0.1) is 6.92 Å². The maximum absolute atomic E-state index is 5.83. The maximum Gasteiger partial charge on any atom is 0.227 e. The summed E-state index contributed by atoms with van der Waals surface area (Å²) < 4.78 is 16.7. The van der Waals surface area contributed by atoms with Crippen molar-refractivity contribution in [2.45, 2.75) is 13.5 Å². The van der Waals surface area contributed by atoms with Gasteiger partial charge < -0.3 is 13.9 Å². The number of ether oxygens (including phenoxy) is 2. The fourth-order valence-corrected chi connectivity index (χ4v) is 2.57. The van der Waals surface area contributed by atoms with E-state index in [4.69, 9.17) is 13.9 Å². The Morgan fingerprint density at radius 3 is 2.65 bits per heavy atom. The second-order valence-corrected chi connectivity index (χ2v) is 5.81. The molecular weight excluding hydrogens is 330 g/mol. The predicted molar refractivity (Wildman–Crippen MR) is 97.1 cm³/mol. The van der Waals surface area contributed by atoms with Crippen LogP contribution in [0.25, 0.3) is 22.6 Å². The summed E-state index contributed by atoms with van der Waals surface area (Å²) in [5.41, 5.74) is 4.09. The lowest BCUT2D eigenvalue weighted by atomic mass is 10.2. The van der Waals surface area contributed by atoms with Crippen LogP contribution in [0.4, 0.5) is 0 Å². The van der Waals surface area contributed by atoms with Crippen LogP contribution < -0.4 is 9.47 Å². The molecule has 4 rings (SSSR count). The minimum absolute atomic E-state index is 0.365. The number of oxazole rings is 1. The van der Waals surface area contributed by atoms with E-state index in [-0.39, 0.29) is 0 Å². The zero-order valence-electron chi connectivity index (χ0n) is 14.5. The van der Waals surface area contributed by atoms with Gasteiger partial charge in [-0.25, -0.2) is 4.98 Å². The number of pyridine rings is 2. The minimum Gasteiger partial charge on any atom is -0.495 e. The van der Waals surface area contributed by atoms with Crippen molar-refractivity contribution in [1.29, 1.82) is 0 Å². The Labute approximate surface area is 150 Å². The van der Waals surface area contributed by atoms with Crippen molar-refractivity contribution in [1.82, 2.24) is 15.0 Å². The molecule has 0 atom stereocenters. The van der Waals surface area contributed by atoms with Crippen molar-refractivity contribution in [2.75, 3.05) is 7.11 Å². The van der Waals surface area contributed by atoms with Crippen LogP contribution in [0.15, 0.2) is 59.3 Å².